The summed E-state index contributed by atoms with van der Waals surface area (Å²) in [5, 5.41) is 0. The molecule has 16 heavy (non-hydrogen) atoms. The highest BCUT2D eigenvalue weighted by atomic mass is 19.4. The molecule has 90 valence electrons. The first kappa shape index (κ1) is 12.9. The monoisotopic (exact) mass is 242 g/mol. The Morgan fingerprint density at radius 1 is 1.12 bits per heavy atom. The van der Waals surface area contributed by atoms with Gasteiger partial charge in [0.25, 0.3) is 0 Å². The van der Waals surface area contributed by atoms with E-state index in [2.05, 4.69) is 6.58 Å². The average Bonchev–Trinajstić information content (AvgIpc) is 2.14. The predicted octanol–water partition coefficient (Wildman–Crippen LogP) is 4.17. The third-order valence-corrected chi connectivity index (χ3v) is 2.17. The first-order valence-electron chi connectivity index (χ1n) is 4.34. The van der Waals surface area contributed by atoms with Crippen LogP contribution >= 0.6 is 0 Å². The topological polar surface area (TPSA) is 0 Å². The zero-order valence-electron chi connectivity index (χ0n) is 7.99. The lowest BCUT2D eigenvalue weighted by atomic mass is 9.90. The van der Waals surface area contributed by atoms with Crippen LogP contribution in [0.25, 0.3) is 0 Å². The minimum Gasteiger partial charge on any atom is -0.166 e. The second-order valence-electron chi connectivity index (χ2n) is 3.39. The average molecular weight is 242 g/mol. The Balaban J connectivity index is 3.12. The number of hydrogen-bond donors (Lipinski definition) is 0. The minimum absolute atomic E-state index is 0.153. The summed E-state index contributed by atoms with van der Waals surface area (Å²) in [5.41, 5.74) is -2.44. The maximum atomic E-state index is 12.3. The Morgan fingerprint density at radius 3 is 2.06 bits per heavy atom. The van der Waals surface area contributed by atoms with Crippen LogP contribution in [0, 0.1) is 5.92 Å². The van der Waals surface area contributed by atoms with Crippen LogP contribution in [0.5, 0.6) is 0 Å². The van der Waals surface area contributed by atoms with E-state index in [1.54, 1.807) is 0 Å². The molecule has 6 heteroatoms. The normalized spacial score (nSPS) is 22.5. The van der Waals surface area contributed by atoms with Gasteiger partial charge in [0.2, 0.25) is 0 Å². The maximum absolute atomic E-state index is 12.3. The molecule has 0 N–H and O–H groups in total. The predicted molar refractivity (Wildman–Crippen MR) is 46.6 cm³/mol. The molecule has 0 aromatic heterocycles. The van der Waals surface area contributed by atoms with Crippen molar-refractivity contribution in [3.05, 3.63) is 36.0 Å². The summed E-state index contributed by atoms with van der Waals surface area (Å²) in [6.07, 6.45) is -8.01. The van der Waals surface area contributed by atoms with E-state index in [1.807, 2.05) is 0 Å². The molecular formula is C10H8F6. The molecule has 0 bridgehead atoms. The van der Waals surface area contributed by atoms with Gasteiger partial charge in [-0.25, -0.2) is 0 Å². The van der Waals surface area contributed by atoms with Gasteiger partial charge < -0.3 is 0 Å². The molecule has 1 aliphatic rings. The fourth-order valence-electron chi connectivity index (χ4n) is 1.36. The van der Waals surface area contributed by atoms with Crippen molar-refractivity contribution in [3.63, 3.8) is 0 Å². The largest absolute Gasteiger partial charge is 0.416 e. The molecule has 0 aromatic rings. The molecule has 1 unspecified atom stereocenters. The van der Waals surface area contributed by atoms with Crippen LogP contribution in [0.15, 0.2) is 36.0 Å². The summed E-state index contributed by atoms with van der Waals surface area (Å²) in [6.45, 7) is 3.21. The summed E-state index contributed by atoms with van der Waals surface area (Å²) in [4.78, 5) is 0. The summed E-state index contributed by atoms with van der Waals surface area (Å²) >= 11 is 0. The number of allylic oxidation sites excluding steroid dienone is 5. The maximum Gasteiger partial charge on any atom is 0.416 e. The molecule has 0 amide bonds. The highest BCUT2D eigenvalue weighted by Gasteiger charge is 2.41. The van der Waals surface area contributed by atoms with Crippen LogP contribution in [-0.4, -0.2) is 12.4 Å². The number of hydrogen-bond acceptors (Lipinski definition) is 0. The lowest BCUT2D eigenvalue weighted by Crippen LogP contribution is -2.21. The summed E-state index contributed by atoms with van der Waals surface area (Å²) in [7, 11) is 0. The van der Waals surface area contributed by atoms with Crippen LogP contribution in [0.2, 0.25) is 0 Å². The molecule has 0 aromatic carbocycles. The number of alkyl halides is 6. The van der Waals surface area contributed by atoms with Crippen molar-refractivity contribution in [1.29, 1.82) is 0 Å². The molecule has 0 saturated heterocycles. The standard InChI is InChI=1S/C10H8F6/c1-2-6-3-7(9(11,12)13)5-8(4-6)10(14,15)16/h2-3,5-6H,1,4H2. The Bertz CT molecular complexity index is 341. The van der Waals surface area contributed by atoms with Crippen LogP contribution in [0.1, 0.15) is 6.42 Å². The third kappa shape index (κ3) is 2.90. The molecule has 0 radical (unpaired) electrons. The van der Waals surface area contributed by atoms with E-state index >= 15 is 0 Å². The smallest absolute Gasteiger partial charge is 0.166 e. The Hall–Kier alpha value is -1.20. The van der Waals surface area contributed by atoms with E-state index in [1.165, 1.54) is 0 Å². The second-order valence-corrected chi connectivity index (χ2v) is 3.39. The summed E-state index contributed by atoms with van der Waals surface area (Å²) in [6, 6.07) is 0. The SMILES string of the molecule is C=CC1C=C(C(F)(F)F)C=C(C(F)(F)F)C1. The van der Waals surface area contributed by atoms with Crippen LogP contribution in [0.4, 0.5) is 26.3 Å². The lowest BCUT2D eigenvalue weighted by molar-refractivity contribution is -0.0994. The van der Waals surface area contributed by atoms with Gasteiger partial charge in [-0.2, -0.15) is 26.3 Å². The Morgan fingerprint density at radius 2 is 1.69 bits per heavy atom. The van der Waals surface area contributed by atoms with Gasteiger partial charge in [0.05, 0.1) is 5.57 Å². The van der Waals surface area contributed by atoms with Gasteiger partial charge in [-0.15, -0.1) is 6.58 Å². The zero-order valence-corrected chi connectivity index (χ0v) is 7.99. The molecule has 0 spiro atoms. The van der Waals surface area contributed by atoms with E-state index in [0.717, 1.165) is 12.2 Å². The van der Waals surface area contributed by atoms with Gasteiger partial charge in [-0.05, 0) is 18.4 Å². The van der Waals surface area contributed by atoms with Gasteiger partial charge in [0.1, 0.15) is 0 Å². The van der Waals surface area contributed by atoms with Crippen LogP contribution < -0.4 is 0 Å². The Labute approximate surface area is 87.9 Å². The minimum atomic E-state index is -4.77. The highest BCUT2D eigenvalue weighted by Crippen LogP contribution is 2.39. The van der Waals surface area contributed by atoms with E-state index in [0.29, 0.717) is 0 Å². The molecule has 1 aliphatic carbocycles. The van der Waals surface area contributed by atoms with Crippen LogP contribution in [0.3, 0.4) is 0 Å². The lowest BCUT2D eigenvalue weighted by Gasteiger charge is -2.22. The zero-order chi connectivity index (χ0) is 12.6. The van der Waals surface area contributed by atoms with Crippen molar-refractivity contribution in [2.75, 3.05) is 0 Å². The quantitative estimate of drug-likeness (QED) is 0.478. The van der Waals surface area contributed by atoms with Crippen molar-refractivity contribution in [1.82, 2.24) is 0 Å². The fraction of sp³-hybridized carbons (Fsp3) is 0.400. The molecule has 0 aliphatic heterocycles. The van der Waals surface area contributed by atoms with E-state index in [-0.39, 0.29) is 6.08 Å². The van der Waals surface area contributed by atoms with E-state index < -0.39 is 35.8 Å². The molecule has 0 saturated carbocycles. The molecule has 0 nitrogen and oxygen atoms in total. The molecular weight excluding hydrogens is 234 g/mol. The van der Waals surface area contributed by atoms with Crippen LogP contribution in [-0.2, 0) is 0 Å². The fourth-order valence-corrected chi connectivity index (χ4v) is 1.36. The van der Waals surface area contributed by atoms with Crippen molar-refractivity contribution >= 4 is 0 Å². The highest BCUT2D eigenvalue weighted by molar-refractivity contribution is 5.36. The van der Waals surface area contributed by atoms with Gasteiger partial charge >= 0.3 is 12.4 Å². The van der Waals surface area contributed by atoms with Crippen molar-refractivity contribution in [2.45, 2.75) is 18.8 Å². The van der Waals surface area contributed by atoms with E-state index in [4.69, 9.17) is 0 Å². The van der Waals surface area contributed by atoms with Gasteiger partial charge in [0.15, 0.2) is 0 Å². The number of halogens is 6. The molecule has 0 fully saturated rings. The van der Waals surface area contributed by atoms with Crippen molar-refractivity contribution in [3.8, 4) is 0 Å². The van der Waals surface area contributed by atoms with Crippen molar-refractivity contribution < 1.29 is 26.3 Å². The second kappa shape index (κ2) is 3.99. The van der Waals surface area contributed by atoms with Gasteiger partial charge in [-0.1, -0.05) is 12.2 Å². The number of rotatable bonds is 1. The van der Waals surface area contributed by atoms with Gasteiger partial charge in [0, 0.05) is 5.57 Å². The first-order valence-corrected chi connectivity index (χ1v) is 4.34. The molecule has 0 heterocycles. The van der Waals surface area contributed by atoms with Crippen molar-refractivity contribution in [2.24, 2.45) is 5.92 Å². The van der Waals surface area contributed by atoms with Gasteiger partial charge in [-0.3, -0.25) is 0 Å². The summed E-state index contributed by atoms with van der Waals surface area (Å²) < 4.78 is 73.8. The summed E-state index contributed by atoms with van der Waals surface area (Å²) in [5.74, 6) is -0.932. The molecule has 1 atom stereocenters. The third-order valence-electron chi connectivity index (χ3n) is 2.17. The van der Waals surface area contributed by atoms with E-state index in [9.17, 15) is 26.3 Å². The first-order chi connectivity index (χ1) is 7.14. The molecule has 1 rings (SSSR count). The Kier molecular flexibility index (Phi) is 3.21.